The number of hydrogen-bond donors (Lipinski definition) is 1. The van der Waals surface area contributed by atoms with Crippen molar-refractivity contribution in [1.29, 1.82) is 0 Å². The van der Waals surface area contributed by atoms with Crippen LogP contribution in [0.1, 0.15) is 19.4 Å². The van der Waals surface area contributed by atoms with Gasteiger partial charge in [0, 0.05) is 13.1 Å². The molecule has 0 saturated carbocycles. The first-order chi connectivity index (χ1) is 7.22. The van der Waals surface area contributed by atoms with E-state index in [2.05, 4.69) is 37.4 Å². The van der Waals surface area contributed by atoms with E-state index in [-0.39, 0.29) is 0 Å². The molecule has 15 heavy (non-hydrogen) atoms. The highest BCUT2D eigenvalue weighted by Gasteiger charge is 1.94. The average molecular weight is 205 g/mol. The molecule has 0 radical (unpaired) electrons. The first kappa shape index (κ1) is 11.8. The van der Waals surface area contributed by atoms with Crippen molar-refractivity contribution < 1.29 is 4.74 Å². The summed E-state index contributed by atoms with van der Waals surface area (Å²) < 4.78 is 5.16. The number of methoxy groups -OCH3 is 1. The van der Waals surface area contributed by atoms with Crippen LogP contribution in [0.25, 0.3) is 0 Å². The fourth-order valence-electron chi connectivity index (χ4n) is 1.28. The van der Waals surface area contributed by atoms with Gasteiger partial charge in [0.1, 0.15) is 5.75 Å². The van der Waals surface area contributed by atoms with Gasteiger partial charge in [-0.15, -0.1) is 0 Å². The predicted molar refractivity (Wildman–Crippen MR) is 64.1 cm³/mol. The molecule has 0 atom stereocenters. The topological polar surface area (TPSA) is 21.3 Å². The van der Waals surface area contributed by atoms with Crippen LogP contribution in [-0.4, -0.2) is 13.7 Å². The summed E-state index contributed by atoms with van der Waals surface area (Å²) in [5, 5.41) is 3.35. The molecular weight excluding hydrogens is 186 g/mol. The zero-order valence-corrected chi connectivity index (χ0v) is 9.71. The zero-order chi connectivity index (χ0) is 11.1. The van der Waals surface area contributed by atoms with Crippen LogP contribution in [-0.2, 0) is 6.54 Å². The third-order valence-electron chi connectivity index (χ3n) is 2.12. The second-order valence-electron chi connectivity index (χ2n) is 3.76. The Morgan fingerprint density at radius 1 is 1.40 bits per heavy atom. The largest absolute Gasteiger partial charge is 0.497 e. The maximum atomic E-state index is 5.16. The molecule has 1 N–H and O–H groups in total. The summed E-state index contributed by atoms with van der Waals surface area (Å²) in [6.45, 7) is 6.00. The Morgan fingerprint density at radius 2 is 2.20 bits per heavy atom. The highest BCUT2D eigenvalue weighted by molar-refractivity contribution is 5.28. The molecule has 0 aliphatic carbocycles. The Labute approximate surface area is 92.0 Å². The fourth-order valence-corrected chi connectivity index (χ4v) is 1.28. The van der Waals surface area contributed by atoms with Gasteiger partial charge in [-0.25, -0.2) is 0 Å². The summed E-state index contributed by atoms with van der Waals surface area (Å²) in [5.74, 6) is 0.913. The van der Waals surface area contributed by atoms with E-state index in [0.717, 1.165) is 18.8 Å². The van der Waals surface area contributed by atoms with Crippen LogP contribution in [0.2, 0.25) is 0 Å². The summed E-state index contributed by atoms with van der Waals surface area (Å²) in [7, 11) is 1.69. The molecule has 0 amide bonds. The molecular formula is C13H19NO. The number of rotatable bonds is 5. The van der Waals surface area contributed by atoms with E-state index in [4.69, 9.17) is 4.74 Å². The van der Waals surface area contributed by atoms with Crippen molar-refractivity contribution in [3.8, 4) is 5.75 Å². The van der Waals surface area contributed by atoms with Crippen molar-refractivity contribution in [2.24, 2.45) is 0 Å². The molecule has 1 aromatic carbocycles. The van der Waals surface area contributed by atoms with Crippen LogP contribution in [0.4, 0.5) is 0 Å². The molecule has 1 aromatic rings. The quantitative estimate of drug-likeness (QED) is 0.589. The summed E-state index contributed by atoms with van der Waals surface area (Å²) in [6, 6.07) is 8.11. The van der Waals surface area contributed by atoms with Gasteiger partial charge in [-0.1, -0.05) is 23.8 Å². The summed E-state index contributed by atoms with van der Waals surface area (Å²) in [5.41, 5.74) is 2.59. The lowest BCUT2D eigenvalue weighted by atomic mass is 10.2. The van der Waals surface area contributed by atoms with Crippen molar-refractivity contribution in [3.63, 3.8) is 0 Å². The minimum Gasteiger partial charge on any atom is -0.497 e. The van der Waals surface area contributed by atoms with Gasteiger partial charge in [-0.3, -0.25) is 0 Å². The van der Waals surface area contributed by atoms with E-state index in [1.54, 1.807) is 7.11 Å². The molecule has 0 aromatic heterocycles. The summed E-state index contributed by atoms with van der Waals surface area (Å²) in [6.07, 6.45) is 2.18. The highest BCUT2D eigenvalue weighted by Crippen LogP contribution is 2.11. The van der Waals surface area contributed by atoms with Gasteiger partial charge < -0.3 is 10.1 Å². The van der Waals surface area contributed by atoms with Crippen molar-refractivity contribution >= 4 is 0 Å². The van der Waals surface area contributed by atoms with Gasteiger partial charge in [-0.05, 0) is 31.5 Å². The Balaban J connectivity index is 2.40. The van der Waals surface area contributed by atoms with Gasteiger partial charge in [0.15, 0.2) is 0 Å². The Kier molecular flexibility index (Phi) is 4.91. The number of ether oxygens (including phenoxy) is 1. The number of hydrogen-bond acceptors (Lipinski definition) is 2. The van der Waals surface area contributed by atoms with Gasteiger partial charge in [-0.2, -0.15) is 0 Å². The van der Waals surface area contributed by atoms with E-state index in [9.17, 15) is 0 Å². The molecule has 0 unspecified atom stereocenters. The van der Waals surface area contributed by atoms with Crippen LogP contribution in [0.5, 0.6) is 5.75 Å². The van der Waals surface area contributed by atoms with Crippen LogP contribution < -0.4 is 10.1 Å². The highest BCUT2D eigenvalue weighted by atomic mass is 16.5. The number of benzene rings is 1. The average Bonchev–Trinajstić information content (AvgIpc) is 2.24. The molecule has 2 nitrogen and oxygen atoms in total. The number of allylic oxidation sites excluding steroid dienone is 1. The Hall–Kier alpha value is -1.28. The first-order valence-electron chi connectivity index (χ1n) is 5.19. The third-order valence-corrected chi connectivity index (χ3v) is 2.12. The molecule has 1 rings (SSSR count). The summed E-state index contributed by atoms with van der Waals surface area (Å²) in [4.78, 5) is 0. The lowest BCUT2D eigenvalue weighted by molar-refractivity contribution is 0.414. The maximum Gasteiger partial charge on any atom is 0.119 e. The van der Waals surface area contributed by atoms with Crippen molar-refractivity contribution in [2.45, 2.75) is 20.4 Å². The monoisotopic (exact) mass is 205 g/mol. The minimum atomic E-state index is 0.876. The SMILES string of the molecule is COc1cccc(CNCC=C(C)C)c1. The van der Waals surface area contributed by atoms with Gasteiger partial charge >= 0.3 is 0 Å². The van der Waals surface area contributed by atoms with Gasteiger partial charge in [0.2, 0.25) is 0 Å². The van der Waals surface area contributed by atoms with Crippen LogP contribution in [0.3, 0.4) is 0 Å². The molecule has 0 bridgehead atoms. The van der Waals surface area contributed by atoms with Gasteiger partial charge in [0.05, 0.1) is 7.11 Å². The lowest BCUT2D eigenvalue weighted by Gasteiger charge is -2.05. The number of nitrogens with one attached hydrogen (secondary N) is 1. The van der Waals surface area contributed by atoms with Crippen molar-refractivity contribution in [3.05, 3.63) is 41.5 Å². The van der Waals surface area contributed by atoms with Crippen molar-refractivity contribution in [2.75, 3.05) is 13.7 Å². The molecule has 0 saturated heterocycles. The maximum absolute atomic E-state index is 5.16. The smallest absolute Gasteiger partial charge is 0.119 e. The molecule has 0 fully saturated rings. The molecule has 0 spiro atoms. The Bertz CT molecular complexity index is 327. The molecule has 0 heterocycles. The molecule has 0 aliphatic heterocycles. The van der Waals surface area contributed by atoms with E-state index in [1.807, 2.05) is 12.1 Å². The lowest BCUT2D eigenvalue weighted by Crippen LogP contribution is -2.13. The Morgan fingerprint density at radius 3 is 2.87 bits per heavy atom. The van der Waals surface area contributed by atoms with E-state index in [0.29, 0.717) is 0 Å². The summed E-state index contributed by atoms with van der Waals surface area (Å²) >= 11 is 0. The fraction of sp³-hybridized carbons (Fsp3) is 0.385. The standard InChI is InChI=1S/C13H19NO/c1-11(2)7-8-14-10-12-5-4-6-13(9-12)15-3/h4-7,9,14H,8,10H2,1-3H3. The zero-order valence-electron chi connectivity index (χ0n) is 9.71. The van der Waals surface area contributed by atoms with E-state index >= 15 is 0 Å². The van der Waals surface area contributed by atoms with E-state index < -0.39 is 0 Å². The third kappa shape index (κ3) is 4.66. The molecule has 2 heteroatoms. The van der Waals surface area contributed by atoms with Crippen LogP contribution in [0.15, 0.2) is 35.9 Å². The second kappa shape index (κ2) is 6.25. The predicted octanol–water partition coefficient (Wildman–Crippen LogP) is 2.75. The van der Waals surface area contributed by atoms with Crippen LogP contribution >= 0.6 is 0 Å². The van der Waals surface area contributed by atoms with Crippen molar-refractivity contribution in [1.82, 2.24) is 5.32 Å². The van der Waals surface area contributed by atoms with Gasteiger partial charge in [0.25, 0.3) is 0 Å². The normalized spacial score (nSPS) is 9.80. The van der Waals surface area contributed by atoms with E-state index in [1.165, 1.54) is 11.1 Å². The minimum absolute atomic E-state index is 0.876. The molecule has 82 valence electrons. The van der Waals surface area contributed by atoms with Crippen LogP contribution in [0, 0.1) is 0 Å². The second-order valence-corrected chi connectivity index (χ2v) is 3.76. The molecule has 0 aliphatic rings. The first-order valence-corrected chi connectivity index (χ1v) is 5.19.